The molecule has 0 aliphatic heterocycles. The summed E-state index contributed by atoms with van der Waals surface area (Å²) in [7, 11) is 1.74. The Bertz CT molecular complexity index is 658. The summed E-state index contributed by atoms with van der Waals surface area (Å²) in [4.78, 5) is 18.9. The van der Waals surface area contributed by atoms with Crippen LogP contribution in [0.4, 0.5) is 0 Å². The topological polar surface area (TPSA) is 66.2 Å². The Labute approximate surface area is 127 Å². The number of carbonyl (C=O) groups is 1. The van der Waals surface area contributed by atoms with Gasteiger partial charge >= 0.3 is 0 Å². The van der Waals surface area contributed by atoms with Crippen LogP contribution >= 0.6 is 11.3 Å². The van der Waals surface area contributed by atoms with Gasteiger partial charge in [-0.2, -0.15) is 5.26 Å². The number of carbonyl (C=O) groups excluding carboxylic acids is 1. The maximum atomic E-state index is 12.0. The molecule has 2 rings (SSSR count). The number of likely N-dealkylation sites (N-methyl/N-ethyl adjacent to an activating group) is 1. The molecule has 0 unspecified atom stereocenters. The van der Waals surface area contributed by atoms with Crippen LogP contribution in [0.2, 0.25) is 0 Å². The highest BCUT2D eigenvalue weighted by Gasteiger charge is 2.12. The number of nitrogens with zero attached hydrogens (tertiary/aromatic N) is 3. The normalized spacial score (nSPS) is 9.95. The van der Waals surface area contributed by atoms with Gasteiger partial charge < -0.3 is 9.64 Å². The fourth-order valence-corrected chi connectivity index (χ4v) is 2.49. The highest BCUT2D eigenvalue weighted by atomic mass is 32.1. The summed E-state index contributed by atoms with van der Waals surface area (Å²) < 4.78 is 5.43. The molecule has 1 aromatic heterocycles. The maximum absolute atomic E-state index is 12.0. The van der Waals surface area contributed by atoms with Crippen molar-refractivity contribution in [3.05, 3.63) is 45.9 Å². The smallest absolute Gasteiger partial charge is 0.260 e. The third-order valence-corrected chi connectivity index (χ3v) is 3.92. The quantitative estimate of drug-likeness (QED) is 0.850. The van der Waals surface area contributed by atoms with Crippen molar-refractivity contribution >= 4 is 17.2 Å². The van der Waals surface area contributed by atoms with Gasteiger partial charge in [0.1, 0.15) is 5.75 Å². The number of hydrogen-bond acceptors (Lipinski definition) is 5. The molecule has 0 aliphatic carbocycles. The molecule has 0 fully saturated rings. The number of thiazole rings is 1. The molecule has 1 amide bonds. The predicted octanol–water partition coefficient (Wildman–Crippen LogP) is 2.36. The van der Waals surface area contributed by atoms with E-state index in [1.165, 1.54) is 11.3 Å². The van der Waals surface area contributed by atoms with Gasteiger partial charge in [-0.05, 0) is 31.2 Å². The number of benzene rings is 1. The van der Waals surface area contributed by atoms with Crippen molar-refractivity contribution in [3.63, 3.8) is 0 Å². The number of rotatable bonds is 5. The van der Waals surface area contributed by atoms with E-state index in [4.69, 9.17) is 10.00 Å². The minimum absolute atomic E-state index is 0.0275. The van der Waals surface area contributed by atoms with Gasteiger partial charge in [-0.25, -0.2) is 4.98 Å². The highest BCUT2D eigenvalue weighted by Crippen LogP contribution is 2.15. The summed E-state index contributed by atoms with van der Waals surface area (Å²) in [5, 5.41) is 8.71. The van der Waals surface area contributed by atoms with Crippen molar-refractivity contribution in [1.29, 1.82) is 5.26 Å². The van der Waals surface area contributed by atoms with Gasteiger partial charge in [0.05, 0.1) is 29.4 Å². The molecule has 5 nitrogen and oxygen atoms in total. The van der Waals surface area contributed by atoms with E-state index in [0.29, 0.717) is 17.9 Å². The molecule has 0 bridgehead atoms. The van der Waals surface area contributed by atoms with Crippen molar-refractivity contribution in [2.24, 2.45) is 0 Å². The van der Waals surface area contributed by atoms with E-state index >= 15 is 0 Å². The molecular formula is C15H15N3O2S. The first-order chi connectivity index (χ1) is 10.1. The summed E-state index contributed by atoms with van der Waals surface area (Å²) in [6.07, 6.45) is 0. The Morgan fingerprint density at radius 3 is 2.71 bits per heavy atom. The second-order valence-electron chi connectivity index (χ2n) is 4.54. The monoisotopic (exact) mass is 301 g/mol. The second-order valence-corrected chi connectivity index (χ2v) is 5.47. The maximum Gasteiger partial charge on any atom is 0.260 e. The Morgan fingerprint density at radius 1 is 1.43 bits per heavy atom. The lowest BCUT2D eigenvalue weighted by atomic mass is 10.2. The fourth-order valence-electron chi connectivity index (χ4n) is 1.66. The SMILES string of the molecule is Cc1ncsc1CN(C)C(=O)COc1ccc(C#N)cc1. The zero-order valence-corrected chi connectivity index (χ0v) is 12.7. The van der Waals surface area contributed by atoms with Crippen LogP contribution in [0, 0.1) is 18.3 Å². The zero-order chi connectivity index (χ0) is 15.2. The van der Waals surface area contributed by atoms with Gasteiger partial charge in [-0.15, -0.1) is 11.3 Å². The number of amides is 1. The van der Waals surface area contributed by atoms with Crippen molar-refractivity contribution in [2.75, 3.05) is 13.7 Å². The minimum atomic E-state index is -0.104. The Hall–Kier alpha value is -2.39. The summed E-state index contributed by atoms with van der Waals surface area (Å²) in [6, 6.07) is 8.71. The molecular weight excluding hydrogens is 286 g/mol. The van der Waals surface area contributed by atoms with Crippen molar-refractivity contribution < 1.29 is 9.53 Å². The van der Waals surface area contributed by atoms with Crippen LogP contribution in [-0.4, -0.2) is 29.4 Å². The standard InChI is InChI=1S/C15H15N3O2S/c1-11-14(21-10-17-11)8-18(2)15(19)9-20-13-5-3-12(7-16)4-6-13/h3-6,10H,8-9H2,1-2H3. The molecule has 21 heavy (non-hydrogen) atoms. The molecule has 0 aliphatic rings. The molecule has 108 valence electrons. The number of aryl methyl sites for hydroxylation is 1. The third-order valence-electron chi connectivity index (χ3n) is 3.00. The van der Waals surface area contributed by atoms with Crippen LogP contribution in [0.1, 0.15) is 16.1 Å². The number of ether oxygens (including phenoxy) is 1. The van der Waals surface area contributed by atoms with E-state index in [2.05, 4.69) is 4.98 Å². The van der Waals surface area contributed by atoms with Crippen molar-refractivity contribution in [3.8, 4) is 11.8 Å². The van der Waals surface area contributed by atoms with Crippen molar-refractivity contribution in [2.45, 2.75) is 13.5 Å². The lowest BCUT2D eigenvalue weighted by Gasteiger charge is -2.16. The van der Waals surface area contributed by atoms with Crippen LogP contribution < -0.4 is 4.74 Å². The molecule has 1 heterocycles. The van der Waals surface area contributed by atoms with Crippen LogP contribution in [0.15, 0.2) is 29.8 Å². The van der Waals surface area contributed by atoms with Gasteiger partial charge in [0.2, 0.25) is 0 Å². The fraction of sp³-hybridized carbons (Fsp3) is 0.267. The van der Waals surface area contributed by atoms with Crippen molar-refractivity contribution in [1.82, 2.24) is 9.88 Å². The first kappa shape index (κ1) is 15.0. The number of nitriles is 1. The number of aromatic nitrogens is 1. The molecule has 0 saturated carbocycles. The van der Waals surface area contributed by atoms with Crippen LogP contribution in [-0.2, 0) is 11.3 Å². The Morgan fingerprint density at radius 2 is 2.14 bits per heavy atom. The molecule has 0 N–H and O–H groups in total. The van der Waals surface area contributed by atoms with Crippen LogP contribution in [0.25, 0.3) is 0 Å². The average Bonchev–Trinajstić information content (AvgIpc) is 2.90. The Kier molecular flexibility index (Phi) is 4.90. The summed E-state index contributed by atoms with van der Waals surface area (Å²) >= 11 is 1.54. The first-order valence-corrected chi connectivity index (χ1v) is 7.24. The predicted molar refractivity (Wildman–Crippen MR) is 80.0 cm³/mol. The van der Waals surface area contributed by atoms with E-state index in [1.54, 1.807) is 41.7 Å². The van der Waals surface area contributed by atoms with Crippen LogP contribution in [0.5, 0.6) is 5.75 Å². The second kappa shape index (κ2) is 6.86. The van der Waals surface area contributed by atoms with E-state index in [9.17, 15) is 4.79 Å². The summed E-state index contributed by atoms with van der Waals surface area (Å²) in [5.41, 5.74) is 3.29. The van der Waals surface area contributed by atoms with E-state index in [1.807, 2.05) is 13.0 Å². The van der Waals surface area contributed by atoms with E-state index in [-0.39, 0.29) is 12.5 Å². The molecule has 0 spiro atoms. The lowest BCUT2D eigenvalue weighted by Crippen LogP contribution is -2.30. The van der Waals surface area contributed by atoms with E-state index in [0.717, 1.165) is 10.6 Å². The largest absolute Gasteiger partial charge is 0.484 e. The summed E-state index contributed by atoms with van der Waals surface area (Å²) in [5.74, 6) is 0.469. The Balaban J connectivity index is 1.86. The van der Waals surface area contributed by atoms with Crippen LogP contribution in [0.3, 0.4) is 0 Å². The van der Waals surface area contributed by atoms with E-state index < -0.39 is 0 Å². The third kappa shape index (κ3) is 4.04. The summed E-state index contributed by atoms with van der Waals surface area (Å²) in [6.45, 7) is 2.43. The van der Waals surface area contributed by atoms with Gasteiger partial charge in [0.25, 0.3) is 5.91 Å². The number of hydrogen-bond donors (Lipinski definition) is 0. The first-order valence-electron chi connectivity index (χ1n) is 6.36. The highest BCUT2D eigenvalue weighted by molar-refractivity contribution is 7.09. The van der Waals surface area contributed by atoms with Gasteiger partial charge in [0, 0.05) is 11.9 Å². The van der Waals surface area contributed by atoms with Gasteiger partial charge in [-0.3, -0.25) is 4.79 Å². The molecule has 0 saturated heterocycles. The minimum Gasteiger partial charge on any atom is -0.484 e. The van der Waals surface area contributed by atoms with Gasteiger partial charge in [-0.1, -0.05) is 0 Å². The molecule has 0 atom stereocenters. The average molecular weight is 301 g/mol. The molecule has 2 aromatic rings. The van der Waals surface area contributed by atoms with Gasteiger partial charge in [0.15, 0.2) is 6.61 Å². The lowest BCUT2D eigenvalue weighted by molar-refractivity contribution is -0.132. The molecule has 1 aromatic carbocycles. The molecule has 0 radical (unpaired) electrons. The molecule has 6 heteroatoms. The zero-order valence-electron chi connectivity index (χ0n) is 11.9.